The molecule has 0 saturated heterocycles. The summed E-state index contributed by atoms with van der Waals surface area (Å²) in [6, 6.07) is 11.5. The van der Waals surface area contributed by atoms with E-state index in [0.29, 0.717) is 0 Å². The first-order valence-electron chi connectivity index (χ1n) is 11.4. The van der Waals surface area contributed by atoms with Gasteiger partial charge in [-0.1, -0.05) is 45.4 Å². The summed E-state index contributed by atoms with van der Waals surface area (Å²) in [6.07, 6.45) is 17.5. The van der Waals surface area contributed by atoms with Crippen molar-refractivity contribution < 1.29 is 9.13 Å². The Balaban J connectivity index is 1.71. The number of fused-ring (bicyclic) bond motifs is 5. The van der Waals surface area contributed by atoms with Crippen LogP contribution in [0.1, 0.15) is 68.0 Å². The molecule has 0 spiro atoms. The number of nitrogens with zero attached hydrogens (tertiary/aromatic N) is 2. The van der Waals surface area contributed by atoms with Crippen LogP contribution in [-0.4, -0.2) is 0 Å². The van der Waals surface area contributed by atoms with Gasteiger partial charge in [-0.05, 0) is 36.8 Å². The predicted molar refractivity (Wildman–Crippen MR) is 123 cm³/mol. The molecule has 2 heteroatoms. The van der Waals surface area contributed by atoms with E-state index in [1.807, 2.05) is 0 Å². The smallest absolute Gasteiger partial charge is 0.207 e. The van der Waals surface area contributed by atoms with Crippen molar-refractivity contribution in [2.45, 2.75) is 58.3 Å². The summed E-state index contributed by atoms with van der Waals surface area (Å²) in [5.41, 5.74) is 11.3. The Morgan fingerprint density at radius 3 is 2.57 bits per heavy atom. The van der Waals surface area contributed by atoms with Crippen LogP contribution in [0.4, 0.5) is 0 Å². The highest BCUT2D eigenvalue weighted by atomic mass is 15.0. The second-order valence-corrected chi connectivity index (χ2v) is 9.43. The molecule has 2 nitrogen and oxygen atoms in total. The van der Waals surface area contributed by atoms with Crippen molar-refractivity contribution in [1.29, 1.82) is 0 Å². The first-order valence-corrected chi connectivity index (χ1v) is 11.4. The molecule has 1 aromatic carbocycles. The van der Waals surface area contributed by atoms with E-state index in [9.17, 15) is 0 Å². The van der Waals surface area contributed by atoms with Crippen molar-refractivity contribution in [1.82, 2.24) is 0 Å². The van der Waals surface area contributed by atoms with Gasteiger partial charge in [-0.25, -0.2) is 4.57 Å². The summed E-state index contributed by atoms with van der Waals surface area (Å²) in [6.45, 7) is 7.01. The summed E-state index contributed by atoms with van der Waals surface area (Å²) in [7, 11) is 2.12. The second kappa shape index (κ2) is 7.19. The fourth-order valence-corrected chi connectivity index (χ4v) is 5.21. The molecule has 0 bridgehead atoms. The van der Waals surface area contributed by atoms with Crippen molar-refractivity contribution in [2.75, 3.05) is 0 Å². The summed E-state index contributed by atoms with van der Waals surface area (Å²) >= 11 is 0. The van der Waals surface area contributed by atoms with Crippen LogP contribution in [-0.2, 0) is 25.3 Å². The van der Waals surface area contributed by atoms with E-state index in [1.165, 1.54) is 64.0 Å². The van der Waals surface area contributed by atoms with Crippen LogP contribution < -0.4 is 9.13 Å². The van der Waals surface area contributed by atoms with Gasteiger partial charge in [-0.2, -0.15) is 4.57 Å². The molecule has 0 radical (unpaired) electrons. The quantitative estimate of drug-likeness (QED) is 0.522. The minimum absolute atomic E-state index is 0.00267. The number of rotatable bonds is 4. The molecule has 0 amide bonds. The lowest BCUT2D eigenvalue weighted by atomic mass is 9.83. The number of hydrogen-bond acceptors (Lipinski definition) is 0. The van der Waals surface area contributed by atoms with Gasteiger partial charge in [0, 0.05) is 51.9 Å². The molecule has 0 saturated carbocycles. The van der Waals surface area contributed by atoms with E-state index < -0.39 is 0 Å². The lowest BCUT2D eigenvalue weighted by molar-refractivity contribution is -0.671. The van der Waals surface area contributed by atoms with Crippen molar-refractivity contribution >= 4 is 6.08 Å². The molecular weight excluding hydrogens is 364 g/mol. The van der Waals surface area contributed by atoms with E-state index in [0.717, 1.165) is 12.8 Å². The molecule has 2 aliphatic rings. The fourth-order valence-electron chi connectivity index (χ4n) is 5.21. The maximum atomic E-state index is 2.43. The zero-order valence-corrected chi connectivity index (χ0v) is 18.7. The molecule has 0 atom stereocenters. The van der Waals surface area contributed by atoms with Gasteiger partial charge < -0.3 is 0 Å². The van der Waals surface area contributed by atoms with E-state index >= 15 is 0 Å². The average molecular weight is 397 g/mol. The minimum atomic E-state index is 0.00267. The summed E-state index contributed by atoms with van der Waals surface area (Å²) in [5.74, 6) is 0. The van der Waals surface area contributed by atoms with Crippen molar-refractivity contribution in [3.05, 3.63) is 82.9 Å². The van der Waals surface area contributed by atoms with Crippen LogP contribution in [0.3, 0.4) is 0 Å². The van der Waals surface area contributed by atoms with Crippen molar-refractivity contribution in [2.24, 2.45) is 7.05 Å². The van der Waals surface area contributed by atoms with Crippen molar-refractivity contribution in [3.63, 3.8) is 0 Å². The Kier molecular flexibility index (Phi) is 4.61. The standard InChI is InChI=1S/C28H32N2/c1-5-6-9-20-12-14-21(15-13-20)30-19-25-27(23-10-7-8-11-26(23)30)22-16-17-29(4)18-24(22)28(25,2)3/h8,11-19H,5-7,9-10H2,1-4H3/q+2. The van der Waals surface area contributed by atoms with Crippen LogP contribution in [0.2, 0.25) is 0 Å². The first kappa shape index (κ1) is 19.2. The molecule has 30 heavy (non-hydrogen) atoms. The van der Waals surface area contributed by atoms with Gasteiger partial charge in [-0.3, -0.25) is 0 Å². The maximum absolute atomic E-state index is 2.43. The lowest BCUT2D eigenvalue weighted by Crippen LogP contribution is -2.38. The van der Waals surface area contributed by atoms with Gasteiger partial charge in [0.05, 0.1) is 0 Å². The first-order chi connectivity index (χ1) is 14.5. The normalized spacial score (nSPS) is 15.6. The molecule has 0 aliphatic heterocycles. The Morgan fingerprint density at radius 2 is 1.80 bits per heavy atom. The Labute approximate surface area is 180 Å². The van der Waals surface area contributed by atoms with E-state index in [-0.39, 0.29) is 5.41 Å². The number of pyridine rings is 2. The highest BCUT2D eigenvalue weighted by Crippen LogP contribution is 2.50. The van der Waals surface area contributed by atoms with Crippen LogP contribution in [0.15, 0.2) is 55.0 Å². The zero-order valence-electron chi connectivity index (χ0n) is 18.7. The molecule has 0 fully saturated rings. The van der Waals surface area contributed by atoms with E-state index in [2.05, 4.69) is 98.0 Å². The van der Waals surface area contributed by atoms with Crippen LogP contribution in [0.25, 0.3) is 22.9 Å². The maximum Gasteiger partial charge on any atom is 0.214 e. The Bertz CT molecular complexity index is 1150. The predicted octanol–water partition coefficient (Wildman–Crippen LogP) is 5.40. The number of benzene rings is 1. The molecule has 3 aromatic rings. The topological polar surface area (TPSA) is 7.76 Å². The molecular formula is C28H32N2+2. The number of allylic oxidation sites excluding steroid dienone is 1. The van der Waals surface area contributed by atoms with Crippen LogP contribution in [0, 0.1) is 0 Å². The van der Waals surface area contributed by atoms with Crippen LogP contribution >= 0.6 is 0 Å². The van der Waals surface area contributed by atoms with Gasteiger partial charge >= 0.3 is 0 Å². The number of aryl methyl sites for hydroxylation is 2. The van der Waals surface area contributed by atoms with E-state index in [1.54, 1.807) is 0 Å². The monoisotopic (exact) mass is 396 g/mol. The number of aromatic nitrogens is 2. The molecule has 152 valence electrons. The van der Waals surface area contributed by atoms with Crippen molar-refractivity contribution in [3.8, 4) is 16.8 Å². The zero-order chi connectivity index (χ0) is 20.9. The summed E-state index contributed by atoms with van der Waals surface area (Å²) in [4.78, 5) is 0. The summed E-state index contributed by atoms with van der Waals surface area (Å²) < 4.78 is 4.61. The Morgan fingerprint density at radius 1 is 1.00 bits per heavy atom. The third-order valence-electron chi connectivity index (χ3n) is 6.98. The molecule has 0 N–H and O–H groups in total. The molecule has 2 aliphatic carbocycles. The van der Waals surface area contributed by atoms with Gasteiger partial charge in [0.15, 0.2) is 18.6 Å². The van der Waals surface area contributed by atoms with Gasteiger partial charge in [0.25, 0.3) is 0 Å². The SMILES string of the molecule is CCCCc1ccc(-[n+]2cc3c(c4c2C=CCC4)-c2cc[n+](C)cc2C3(C)C)cc1. The van der Waals surface area contributed by atoms with E-state index in [4.69, 9.17) is 0 Å². The number of unbranched alkanes of at least 4 members (excludes halogenated alkanes) is 1. The van der Waals surface area contributed by atoms with Crippen LogP contribution in [0.5, 0.6) is 0 Å². The second-order valence-electron chi connectivity index (χ2n) is 9.43. The highest BCUT2D eigenvalue weighted by molar-refractivity contribution is 5.83. The van der Waals surface area contributed by atoms with Gasteiger partial charge in [0.2, 0.25) is 11.4 Å². The molecule has 0 unspecified atom stereocenters. The minimum Gasteiger partial charge on any atom is -0.207 e. The largest absolute Gasteiger partial charge is 0.214 e. The van der Waals surface area contributed by atoms with Gasteiger partial charge in [0.1, 0.15) is 7.05 Å². The third kappa shape index (κ3) is 2.93. The third-order valence-corrected chi connectivity index (χ3v) is 6.98. The summed E-state index contributed by atoms with van der Waals surface area (Å²) in [5, 5.41) is 0. The highest BCUT2D eigenvalue weighted by Gasteiger charge is 2.43. The molecule has 5 rings (SSSR count). The molecule has 2 heterocycles. The van der Waals surface area contributed by atoms with Gasteiger partial charge in [-0.15, -0.1) is 0 Å². The fraction of sp³-hybridized carbons (Fsp3) is 0.357. The average Bonchev–Trinajstić information content (AvgIpc) is 2.99. The number of hydrogen-bond donors (Lipinski definition) is 0. The molecule has 2 aromatic heterocycles. The Hall–Kier alpha value is -2.74. The lowest BCUT2D eigenvalue weighted by Gasteiger charge is -2.20.